The van der Waals surface area contributed by atoms with Crippen LogP contribution in [0, 0.1) is 0 Å². The monoisotopic (exact) mass is 224 g/mol. The first-order valence-electron chi connectivity index (χ1n) is 4.48. The van der Waals surface area contributed by atoms with Crippen LogP contribution in [0.1, 0.15) is 10.4 Å². The fourth-order valence-corrected chi connectivity index (χ4v) is 1.08. The number of primary amides is 1. The molecule has 86 valence electrons. The molecule has 0 aromatic heterocycles. The SMILES string of the molecule is CONC(=O)COc1ccccc1C(N)=O. The van der Waals surface area contributed by atoms with Gasteiger partial charge in [0.2, 0.25) is 0 Å². The van der Waals surface area contributed by atoms with Crippen LogP contribution in [-0.2, 0) is 9.63 Å². The van der Waals surface area contributed by atoms with E-state index in [1.165, 1.54) is 13.2 Å². The molecule has 1 aromatic carbocycles. The summed E-state index contributed by atoms with van der Waals surface area (Å²) in [7, 11) is 1.31. The van der Waals surface area contributed by atoms with Crippen molar-refractivity contribution >= 4 is 11.8 Å². The molecule has 0 bridgehead atoms. The van der Waals surface area contributed by atoms with E-state index in [1.54, 1.807) is 18.2 Å². The molecule has 3 N–H and O–H groups in total. The zero-order valence-corrected chi connectivity index (χ0v) is 8.73. The molecule has 0 atom stereocenters. The Labute approximate surface area is 92.3 Å². The second-order valence-corrected chi connectivity index (χ2v) is 2.88. The van der Waals surface area contributed by atoms with E-state index < -0.39 is 11.8 Å². The van der Waals surface area contributed by atoms with Crippen LogP contribution >= 0.6 is 0 Å². The van der Waals surface area contributed by atoms with Gasteiger partial charge in [-0.15, -0.1) is 0 Å². The molecule has 0 heterocycles. The minimum Gasteiger partial charge on any atom is -0.483 e. The highest BCUT2D eigenvalue weighted by Crippen LogP contribution is 2.16. The van der Waals surface area contributed by atoms with Crippen molar-refractivity contribution < 1.29 is 19.2 Å². The molecule has 6 nitrogen and oxygen atoms in total. The summed E-state index contributed by atoms with van der Waals surface area (Å²) in [6.07, 6.45) is 0. The summed E-state index contributed by atoms with van der Waals surface area (Å²) in [5, 5.41) is 0. The summed E-state index contributed by atoms with van der Waals surface area (Å²) in [4.78, 5) is 26.4. The van der Waals surface area contributed by atoms with E-state index in [-0.39, 0.29) is 17.9 Å². The lowest BCUT2D eigenvalue weighted by molar-refractivity contribution is -0.133. The first-order chi connectivity index (χ1) is 7.65. The van der Waals surface area contributed by atoms with Gasteiger partial charge in [-0.05, 0) is 12.1 Å². The summed E-state index contributed by atoms with van der Waals surface area (Å²) in [6.45, 7) is -0.252. The standard InChI is InChI=1S/C10H12N2O4/c1-15-12-9(13)6-16-8-5-3-2-4-7(8)10(11)14/h2-5H,6H2,1H3,(H2,11,14)(H,12,13). The third-order valence-corrected chi connectivity index (χ3v) is 1.73. The van der Waals surface area contributed by atoms with Crippen molar-refractivity contribution in [2.24, 2.45) is 5.73 Å². The maximum Gasteiger partial charge on any atom is 0.281 e. The fourth-order valence-electron chi connectivity index (χ4n) is 1.08. The molecule has 0 aliphatic heterocycles. The van der Waals surface area contributed by atoms with Gasteiger partial charge in [0.1, 0.15) is 5.75 Å². The Bertz CT molecular complexity index is 392. The van der Waals surface area contributed by atoms with Crippen molar-refractivity contribution in [3.05, 3.63) is 29.8 Å². The smallest absolute Gasteiger partial charge is 0.281 e. The molecule has 2 amide bonds. The molecule has 0 saturated carbocycles. The average molecular weight is 224 g/mol. The fraction of sp³-hybridized carbons (Fsp3) is 0.200. The zero-order valence-electron chi connectivity index (χ0n) is 8.73. The Hall–Kier alpha value is -2.08. The van der Waals surface area contributed by atoms with Crippen molar-refractivity contribution in [3.63, 3.8) is 0 Å². The lowest BCUT2D eigenvalue weighted by Gasteiger charge is -2.08. The quantitative estimate of drug-likeness (QED) is 0.680. The molecule has 0 spiro atoms. The van der Waals surface area contributed by atoms with Gasteiger partial charge in [-0.1, -0.05) is 12.1 Å². The summed E-state index contributed by atoms with van der Waals surface area (Å²) in [5.74, 6) is -0.800. The van der Waals surface area contributed by atoms with Crippen molar-refractivity contribution in [1.29, 1.82) is 0 Å². The number of nitrogens with one attached hydrogen (secondary N) is 1. The third kappa shape index (κ3) is 3.25. The number of nitrogens with two attached hydrogens (primary N) is 1. The molecular weight excluding hydrogens is 212 g/mol. The van der Waals surface area contributed by atoms with Gasteiger partial charge in [0.25, 0.3) is 11.8 Å². The van der Waals surface area contributed by atoms with Crippen LogP contribution < -0.4 is 16.0 Å². The maximum atomic E-state index is 11.0. The second kappa shape index (κ2) is 5.72. The van der Waals surface area contributed by atoms with E-state index in [0.29, 0.717) is 0 Å². The topological polar surface area (TPSA) is 90.7 Å². The van der Waals surface area contributed by atoms with Crippen molar-refractivity contribution in [2.45, 2.75) is 0 Å². The number of hydrogen-bond acceptors (Lipinski definition) is 4. The van der Waals surface area contributed by atoms with E-state index >= 15 is 0 Å². The first-order valence-corrected chi connectivity index (χ1v) is 4.48. The molecule has 0 aliphatic rings. The van der Waals surface area contributed by atoms with Crippen LogP contribution in [0.4, 0.5) is 0 Å². The molecule has 0 saturated heterocycles. The Morgan fingerprint density at radius 2 is 2.06 bits per heavy atom. The number of rotatable bonds is 5. The molecule has 1 rings (SSSR count). The molecule has 6 heteroatoms. The first kappa shape index (κ1) is 12.0. The number of benzene rings is 1. The van der Waals surface area contributed by atoms with Crippen molar-refractivity contribution in [2.75, 3.05) is 13.7 Å². The summed E-state index contributed by atoms with van der Waals surface area (Å²) in [5.41, 5.74) is 7.45. The zero-order chi connectivity index (χ0) is 12.0. The largest absolute Gasteiger partial charge is 0.483 e. The maximum absolute atomic E-state index is 11.0. The number of amides is 2. The minimum absolute atomic E-state index is 0.229. The third-order valence-electron chi connectivity index (χ3n) is 1.73. The Kier molecular flexibility index (Phi) is 4.28. The number of ether oxygens (including phenoxy) is 1. The van der Waals surface area contributed by atoms with Gasteiger partial charge in [-0.3, -0.25) is 14.4 Å². The number of hydrogen-bond donors (Lipinski definition) is 2. The van der Waals surface area contributed by atoms with Crippen LogP contribution in [-0.4, -0.2) is 25.5 Å². The van der Waals surface area contributed by atoms with Gasteiger partial charge in [0, 0.05) is 0 Å². The van der Waals surface area contributed by atoms with Gasteiger partial charge in [0.15, 0.2) is 6.61 Å². The predicted octanol–water partition coefficient (Wildman–Crippen LogP) is -0.158. The second-order valence-electron chi connectivity index (χ2n) is 2.88. The van der Waals surface area contributed by atoms with E-state index in [1.807, 2.05) is 0 Å². The van der Waals surface area contributed by atoms with Gasteiger partial charge in [0.05, 0.1) is 12.7 Å². The van der Waals surface area contributed by atoms with E-state index in [4.69, 9.17) is 10.5 Å². The summed E-state index contributed by atoms with van der Waals surface area (Å²) < 4.78 is 5.12. The lowest BCUT2D eigenvalue weighted by Crippen LogP contribution is -2.28. The average Bonchev–Trinajstić information content (AvgIpc) is 2.27. The highest BCUT2D eigenvalue weighted by atomic mass is 16.6. The van der Waals surface area contributed by atoms with E-state index in [9.17, 15) is 9.59 Å². The van der Waals surface area contributed by atoms with Crippen LogP contribution in [0.3, 0.4) is 0 Å². The number of hydroxylamine groups is 1. The highest BCUT2D eigenvalue weighted by molar-refractivity contribution is 5.95. The number of carbonyl (C=O) groups excluding carboxylic acids is 2. The summed E-state index contributed by atoms with van der Waals surface area (Å²) in [6, 6.07) is 6.41. The molecule has 0 aliphatic carbocycles. The molecule has 0 fully saturated rings. The number of carbonyl (C=O) groups is 2. The van der Waals surface area contributed by atoms with Crippen LogP contribution in [0.5, 0.6) is 5.75 Å². The van der Waals surface area contributed by atoms with Crippen molar-refractivity contribution in [3.8, 4) is 5.75 Å². The van der Waals surface area contributed by atoms with E-state index in [2.05, 4.69) is 10.3 Å². The predicted molar refractivity (Wildman–Crippen MR) is 55.6 cm³/mol. The summed E-state index contributed by atoms with van der Waals surface area (Å²) >= 11 is 0. The number of para-hydroxylation sites is 1. The Morgan fingerprint density at radius 3 is 2.69 bits per heavy atom. The van der Waals surface area contributed by atoms with Crippen LogP contribution in [0.15, 0.2) is 24.3 Å². The van der Waals surface area contributed by atoms with Crippen LogP contribution in [0.25, 0.3) is 0 Å². The molecule has 1 aromatic rings. The Balaban J connectivity index is 2.66. The molecule has 0 radical (unpaired) electrons. The molecular formula is C10H12N2O4. The van der Waals surface area contributed by atoms with Gasteiger partial charge in [-0.2, -0.15) is 0 Å². The Morgan fingerprint density at radius 1 is 1.38 bits per heavy atom. The van der Waals surface area contributed by atoms with Gasteiger partial charge < -0.3 is 10.5 Å². The minimum atomic E-state index is -0.609. The van der Waals surface area contributed by atoms with Crippen LogP contribution in [0.2, 0.25) is 0 Å². The lowest BCUT2D eigenvalue weighted by atomic mass is 10.2. The van der Waals surface area contributed by atoms with Gasteiger partial charge in [-0.25, -0.2) is 5.48 Å². The molecule has 0 unspecified atom stereocenters. The normalized spacial score (nSPS) is 9.56. The van der Waals surface area contributed by atoms with Gasteiger partial charge >= 0.3 is 0 Å². The highest BCUT2D eigenvalue weighted by Gasteiger charge is 2.09. The van der Waals surface area contributed by atoms with E-state index in [0.717, 1.165) is 0 Å². The molecule has 16 heavy (non-hydrogen) atoms. The van der Waals surface area contributed by atoms with Crippen molar-refractivity contribution in [1.82, 2.24) is 5.48 Å².